The number of ether oxygens (including phenoxy) is 1. The summed E-state index contributed by atoms with van der Waals surface area (Å²) in [4.78, 5) is 26.9. The molecule has 39 heavy (non-hydrogen) atoms. The zero-order valence-electron chi connectivity index (χ0n) is 23.3. The number of benzene rings is 1. The first kappa shape index (κ1) is 28.7. The molecule has 212 valence electrons. The molecule has 1 aromatic carbocycles. The second kappa shape index (κ2) is 11.4. The quantitative estimate of drug-likeness (QED) is 0.273. The van der Waals surface area contributed by atoms with Crippen molar-refractivity contribution in [1.82, 2.24) is 29.7 Å². The predicted octanol–water partition coefficient (Wildman–Crippen LogP) is 1.89. The van der Waals surface area contributed by atoms with Gasteiger partial charge in [0.15, 0.2) is 17.2 Å². The Morgan fingerprint density at radius 2 is 1.97 bits per heavy atom. The Labute approximate surface area is 228 Å². The van der Waals surface area contributed by atoms with E-state index in [9.17, 15) is 15.0 Å². The van der Waals surface area contributed by atoms with Crippen molar-refractivity contribution >= 4 is 28.7 Å². The molecule has 2 amide bonds. The van der Waals surface area contributed by atoms with Crippen LogP contribution in [0.1, 0.15) is 40.2 Å². The van der Waals surface area contributed by atoms with Gasteiger partial charge in [0.2, 0.25) is 0 Å². The Hall–Kier alpha value is -3.32. The van der Waals surface area contributed by atoms with E-state index >= 15 is 0 Å². The molecule has 0 bridgehead atoms. The fraction of sp³-hybridized carbons (Fsp3) is 0.556. The van der Waals surface area contributed by atoms with Crippen LogP contribution in [0.25, 0.3) is 11.2 Å². The number of nitrogen functional groups attached to an aromatic ring is 1. The highest BCUT2D eigenvalue weighted by atomic mass is 16.5. The van der Waals surface area contributed by atoms with Crippen molar-refractivity contribution in [2.45, 2.75) is 58.0 Å². The summed E-state index contributed by atoms with van der Waals surface area (Å²) in [5.74, 6) is 0.531. The molecule has 1 aliphatic heterocycles. The van der Waals surface area contributed by atoms with E-state index in [1.807, 2.05) is 24.3 Å². The lowest BCUT2D eigenvalue weighted by Crippen LogP contribution is -2.49. The van der Waals surface area contributed by atoms with Crippen molar-refractivity contribution < 1.29 is 19.7 Å². The Balaban J connectivity index is 1.34. The molecule has 0 saturated carbocycles. The highest BCUT2D eigenvalue weighted by molar-refractivity contribution is 5.89. The average molecular weight is 541 g/mol. The lowest BCUT2D eigenvalue weighted by Gasteiger charge is -2.31. The molecule has 3 atom stereocenters. The molecular formula is C27H40N8O4. The van der Waals surface area contributed by atoms with Crippen LogP contribution in [0.15, 0.2) is 36.9 Å². The molecule has 0 spiro atoms. The fourth-order valence-corrected chi connectivity index (χ4v) is 4.79. The monoisotopic (exact) mass is 540 g/mol. The number of anilines is 2. The number of aromatic nitrogens is 4. The lowest BCUT2D eigenvalue weighted by atomic mass is 9.87. The lowest BCUT2D eigenvalue weighted by molar-refractivity contribution is -0.109. The largest absolute Gasteiger partial charge is 0.385 e. The van der Waals surface area contributed by atoms with E-state index in [2.05, 4.69) is 65.1 Å². The van der Waals surface area contributed by atoms with Gasteiger partial charge in [-0.3, -0.25) is 9.47 Å². The van der Waals surface area contributed by atoms with E-state index in [1.54, 1.807) is 0 Å². The number of nitrogens with two attached hydrogens (primary N) is 1. The van der Waals surface area contributed by atoms with Crippen LogP contribution < -0.4 is 16.4 Å². The molecule has 0 aliphatic carbocycles. The maximum absolute atomic E-state index is 12.5. The summed E-state index contributed by atoms with van der Waals surface area (Å²) in [6.45, 7) is 12.5. The summed E-state index contributed by atoms with van der Waals surface area (Å²) in [6, 6.07) is 7.54. The van der Waals surface area contributed by atoms with Crippen molar-refractivity contribution in [1.29, 1.82) is 0 Å². The van der Waals surface area contributed by atoms with Gasteiger partial charge in [-0.15, -0.1) is 0 Å². The fourth-order valence-electron chi connectivity index (χ4n) is 4.79. The summed E-state index contributed by atoms with van der Waals surface area (Å²) in [6.07, 6.45) is 0.761. The van der Waals surface area contributed by atoms with Gasteiger partial charge in [0, 0.05) is 31.9 Å². The Morgan fingerprint density at radius 1 is 1.26 bits per heavy atom. The van der Waals surface area contributed by atoms with E-state index in [1.165, 1.54) is 22.8 Å². The number of nitrogens with zero attached hydrogens (tertiary/aromatic N) is 5. The third kappa shape index (κ3) is 6.47. The number of urea groups is 1. The van der Waals surface area contributed by atoms with Gasteiger partial charge in [-0.2, -0.15) is 0 Å². The summed E-state index contributed by atoms with van der Waals surface area (Å²) >= 11 is 0. The number of hydrogen-bond acceptors (Lipinski definition) is 9. The van der Waals surface area contributed by atoms with Gasteiger partial charge in [-0.05, 0) is 29.0 Å². The molecular weight excluding hydrogens is 500 g/mol. The van der Waals surface area contributed by atoms with Gasteiger partial charge < -0.3 is 31.3 Å². The van der Waals surface area contributed by atoms with Crippen molar-refractivity contribution in [3.8, 4) is 0 Å². The standard InChI is InChI=1S/C27H40N8O4/c1-17(2)12-34(11-10-29-25(37)33-19-8-6-18(7-9-19)26(3,4)5)13-20-22(36)27(38,14-39-20)35-16-32-21-23(28)30-15-31-24(21)35/h6-9,15-17,20,22,36,38H,10-14H2,1-5H3,(H2,28,30,31)(H2,29,33,37)/t20-,22-,27-/m1/s1. The first-order valence-corrected chi connectivity index (χ1v) is 13.2. The maximum Gasteiger partial charge on any atom is 0.319 e. The van der Waals surface area contributed by atoms with Gasteiger partial charge in [-0.25, -0.2) is 19.7 Å². The summed E-state index contributed by atoms with van der Waals surface area (Å²) < 4.78 is 7.26. The van der Waals surface area contributed by atoms with Crippen molar-refractivity contribution in [3.63, 3.8) is 0 Å². The molecule has 2 aromatic heterocycles. The van der Waals surface area contributed by atoms with E-state index in [0.717, 1.165) is 12.2 Å². The van der Waals surface area contributed by atoms with Crippen LogP contribution in [0.2, 0.25) is 0 Å². The van der Waals surface area contributed by atoms with Crippen molar-refractivity contribution in [3.05, 3.63) is 42.5 Å². The van der Waals surface area contributed by atoms with Gasteiger partial charge in [0.25, 0.3) is 0 Å². The van der Waals surface area contributed by atoms with Gasteiger partial charge in [0.1, 0.15) is 24.1 Å². The third-order valence-electron chi connectivity index (χ3n) is 6.90. The van der Waals surface area contributed by atoms with Crippen LogP contribution in [-0.4, -0.2) is 85.7 Å². The number of amides is 2. The summed E-state index contributed by atoms with van der Waals surface area (Å²) in [7, 11) is 0. The van der Waals surface area contributed by atoms with Gasteiger partial charge in [-0.1, -0.05) is 46.8 Å². The minimum Gasteiger partial charge on any atom is -0.385 e. The first-order chi connectivity index (χ1) is 18.4. The van der Waals surface area contributed by atoms with Gasteiger partial charge >= 0.3 is 6.03 Å². The summed E-state index contributed by atoms with van der Waals surface area (Å²) in [5.41, 5.74) is 6.74. The van der Waals surface area contributed by atoms with E-state index in [0.29, 0.717) is 36.7 Å². The minimum atomic E-state index is -1.76. The summed E-state index contributed by atoms with van der Waals surface area (Å²) in [5, 5.41) is 28.3. The minimum absolute atomic E-state index is 0.0435. The highest BCUT2D eigenvalue weighted by Gasteiger charge is 2.50. The van der Waals surface area contributed by atoms with Crippen LogP contribution in [-0.2, 0) is 15.9 Å². The number of hydrogen-bond donors (Lipinski definition) is 5. The molecule has 0 unspecified atom stereocenters. The van der Waals surface area contributed by atoms with E-state index < -0.39 is 17.9 Å². The number of carbonyl (C=O) groups excluding carboxylic acids is 1. The number of imidazole rings is 1. The molecule has 12 heteroatoms. The maximum atomic E-state index is 12.5. The Bertz CT molecular complexity index is 1270. The number of aliphatic hydroxyl groups excluding tert-OH is 1. The zero-order chi connectivity index (χ0) is 28.4. The van der Waals surface area contributed by atoms with E-state index in [4.69, 9.17) is 10.5 Å². The van der Waals surface area contributed by atoms with Crippen molar-refractivity contribution in [2.75, 3.05) is 43.8 Å². The van der Waals surface area contributed by atoms with Crippen LogP contribution >= 0.6 is 0 Å². The molecule has 1 fully saturated rings. The Morgan fingerprint density at radius 3 is 2.64 bits per heavy atom. The molecule has 12 nitrogen and oxygen atoms in total. The SMILES string of the molecule is CC(C)CN(CCNC(=O)Nc1ccc(C(C)(C)C)cc1)C[C@H]1OC[C@](O)(n2cnc3c(N)ncnc32)[C@@H]1O. The zero-order valence-corrected chi connectivity index (χ0v) is 23.3. The van der Waals surface area contributed by atoms with Gasteiger partial charge in [0.05, 0.1) is 12.9 Å². The van der Waals surface area contributed by atoms with Crippen LogP contribution in [0.3, 0.4) is 0 Å². The smallest absolute Gasteiger partial charge is 0.319 e. The molecule has 4 rings (SSSR count). The molecule has 3 aromatic rings. The van der Waals surface area contributed by atoms with Crippen LogP contribution in [0.4, 0.5) is 16.3 Å². The molecule has 3 heterocycles. The first-order valence-electron chi connectivity index (χ1n) is 13.2. The number of aliphatic hydroxyl groups is 2. The average Bonchev–Trinajstić information content (AvgIpc) is 3.42. The predicted molar refractivity (Wildman–Crippen MR) is 149 cm³/mol. The molecule has 6 N–H and O–H groups in total. The van der Waals surface area contributed by atoms with Crippen LogP contribution in [0.5, 0.6) is 0 Å². The van der Waals surface area contributed by atoms with Crippen molar-refractivity contribution in [2.24, 2.45) is 5.92 Å². The normalized spacial score (nSPS) is 21.7. The number of rotatable bonds is 9. The third-order valence-corrected chi connectivity index (χ3v) is 6.90. The molecule has 1 saturated heterocycles. The molecule has 0 radical (unpaired) electrons. The highest BCUT2D eigenvalue weighted by Crippen LogP contribution is 2.33. The van der Waals surface area contributed by atoms with E-state index in [-0.39, 0.29) is 23.9 Å². The number of fused-ring (bicyclic) bond motifs is 1. The number of nitrogens with one attached hydrogen (secondary N) is 2. The molecule has 1 aliphatic rings. The second-order valence-corrected chi connectivity index (χ2v) is 11.6. The van der Waals surface area contributed by atoms with Crippen LogP contribution in [0, 0.1) is 5.92 Å². The second-order valence-electron chi connectivity index (χ2n) is 11.6. The Kier molecular flexibility index (Phi) is 8.40. The number of carbonyl (C=O) groups is 1. The topological polar surface area (TPSA) is 164 Å².